The van der Waals surface area contributed by atoms with Crippen LogP contribution in [0, 0.1) is 22.5 Å². The Kier molecular flexibility index (Phi) is 34.2. The van der Waals surface area contributed by atoms with E-state index in [2.05, 4.69) is 60.1 Å². The molecule has 9 aromatic rings. The van der Waals surface area contributed by atoms with Crippen molar-refractivity contribution in [2.24, 2.45) is 22.9 Å². The number of rotatable bonds is 21. The molecule has 30 nitrogen and oxygen atoms in total. The number of nitro groups is 1. The first kappa shape index (κ1) is 88.4. The number of nitrogens with zero attached hydrogens (tertiary/aromatic N) is 10. The Labute approximate surface area is 670 Å². The minimum atomic E-state index is -0.935. The van der Waals surface area contributed by atoms with Gasteiger partial charge in [0.2, 0.25) is 5.82 Å². The number of carbonyl (C=O) groups excluding carboxylic acids is 7. The van der Waals surface area contributed by atoms with Gasteiger partial charge in [-0.25, -0.2) is 35.9 Å². The highest BCUT2D eigenvalue weighted by Gasteiger charge is 2.29. The Morgan fingerprint density at radius 2 is 1.10 bits per heavy atom. The predicted molar refractivity (Wildman–Crippen MR) is 433 cm³/mol. The molecule has 0 atom stereocenters. The third-order valence-corrected chi connectivity index (χ3v) is 18.9. The maximum absolute atomic E-state index is 12.7. The summed E-state index contributed by atoms with van der Waals surface area (Å²) in [6.07, 6.45) is 23.9. The van der Waals surface area contributed by atoms with E-state index in [0.717, 1.165) is 111 Å². The molecule has 2 aliphatic heterocycles. The van der Waals surface area contributed by atoms with Gasteiger partial charge in [-0.05, 0) is 208 Å². The summed E-state index contributed by atoms with van der Waals surface area (Å²) in [5.41, 5.74) is 34.3. The van der Waals surface area contributed by atoms with E-state index >= 15 is 0 Å². The van der Waals surface area contributed by atoms with Crippen LogP contribution in [-0.2, 0) is 71.9 Å². The molecule has 2 amide bonds. The lowest BCUT2D eigenvalue weighted by Crippen LogP contribution is -2.31. The molecule has 14 rings (SSSR count). The van der Waals surface area contributed by atoms with Crippen LogP contribution in [0.4, 0.5) is 15.9 Å². The number of H-pyrrole nitrogens is 1. The molecule has 0 spiro atoms. The third kappa shape index (κ3) is 25.9. The maximum atomic E-state index is 12.7. The summed E-state index contributed by atoms with van der Waals surface area (Å²) < 4.78 is 31.5. The first-order chi connectivity index (χ1) is 55.9. The number of carbonyl (C=O) groups is 7. The smallest absolute Gasteiger partial charge is 0.337 e. The number of hydrogen-bond acceptors (Lipinski definition) is 25. The fourth-order valence-corrected chi connectivity index (χ4v) is 13.3. The molecular weight excluding hydrogens is 1490 g/mol. The van der Waals surface area contributed by atoms with E-state index in [1.54, 1.807) is 73.4 Å². The molecule has 0 unspecified atom stereocenters. The Morgan fingerprint density at radius 1 is 0.612 bits per heavy atom. The largest absolute Gasteiger partial charge is 0.469 e. The summed E-state index contributed by atoms with van der Waals surface area (Å²) in [6.45, 7) is 16.2. The zero-order valence-electron chi connectivity index (χ0n) is 65.5. The van der Waals surface area contributed by atoms with Gasteiger partial charge in [0.15, 0.2) is 5.78 Å². The minimum absolute atomic E-state index is 0.133. The number of nitrogens with one attached hydrogen (secondary N) is 2. The molecule has 4 aromatic carbocycles. The Hall–Kier alpha value is -13.2. The fraction of sp³-hybridized carbons (Fsp3) is 0.329. The van der Waals surface area contributed by atoms with E-state index < -0.39 is 40.2 Å². The van der Waals surface area contributed by atoms with Crippen molar-refractivity contribution in [2.45, 2.75) is 96.8 Å². The number of allylic oxidation sites excluding steroid dienone is 1. The maximum Gasteiger partial charge on any atom is 0.337 e. The van der Waals surface area contributed by atoms with Crippen molar-refractivity contribution in [3.8, 4) is 22.3 Å². The number of amides is 2. The van der Waals surface area contributed by atoms with Gasteiger partial charge in [0, 0.05) is 98.7 Å². The van der Waals surface area contributed by atoms with Crippen LogP contribution in [0.2, 0.25) is 0 Å². The Morgan fingerprint density at radius 3 is 1.57 bits per heavy atom. The van der Waals surface area contributed by atoms with Crippen LogP contribution >= 0.6 is 0 Å². The molecule has 3 aliphatic carbocycles. The number of hydrogen-bond donors (Lipinski definition) is 6. The van der Waals surface area contributed by atoms with Gasteiger partial charge in [-0.2, -0.15) is 4.39 Å². The van der Waals surface area contributed by atoms with Crippen molar-refractivity contribution < 1.29 is 61.8 Å². The summed E-state index contributed by atoms with van der Waals surface area (Å²) in [7, 11) is 5.45. The number of Topliss-reactive ketones (excluding diaryl/α,β-unsaturated/α-hetero) is 1. The van der Waals surface area contributed by atoms with Crippen molar-refractivity contribution in [3.05, 3.63) is 274 Å². The van der Waals surface area contributed by atoms with Gasteiger partial charge in [-0.1, -0.05) is 49.2 Å². The number of aromatic amines is 1. The molecule has 31 heteroatoms. The molecule has 7 heterocycles. The lowest BCUT2D eigenvalue weighted by atomic mass is 10.0. The zero-order chi connectivity index (χ0) is 83.6. The number of primary amides is 2. The minimum Gasteiger partial charge on any atom is -0.469 e. The summed E-state index contributed by atoms with van der Waals surface area (Å²) in [5, 5.41) is 13.9. The number of pyridine rings is 3. The highest BCUT2D eigenvalue weighted by atomic mass is 19.1. The highest BCUT2D eigenvalue weighted by Crippen LogP contribution is 2.41. The van der Waals surface area contributed by atoms with Crippen LogP contribution in [0.5, 0.6) is 0 Å². The van der Waals surface area contributed by atoms with E-state index in [4.69, 9.17) is 43.2 Å². The van der Waals surface area contributed by atoms with Gasteiger partial charge in [-0.15, -0.1) is 0 Å². The van der Waals surface area contributed by atoms with Gasteiger partial charge in [0.25, 0.3) is 23.9 Å². The predicted octanol–water partition coefficient (Wildman–Crippen LogP) is 9.35. The van der Waals surface area contributed by atoms with Crippen LogP contribution in [0.25, 0.3) is 32.7 Å². The second-order valence-electron chi connectivity index (χ2n) is 27.2. The lowest BCUT2D eigenvalue weighted by Gasteiger charge is -2.26. The quantitative estimate of drug-likeness (QED) is 0.00741. The average molecular weight is 1580 g/mol. The topological polar surface area (TPSA) is 437 Å². The van der Waals surface area contributed by atoms with Gasteiger partial charge >= 0.3 is 29.6 Å². The number of anilines is 1. The molecule has 0 radical (unpaired) electrons. The van der Waals surface area contributed by atoms with Gasteiger partial charge < -0.3 is 66.8 Å². The number of nitro benzene ring substituents is 1. The summed E-state index contributed by atoms with van der Waals surface area (Å²) in [6, 6.07) is 30.3. The molecule has 2 saturated heterocycles. The second-order valence-corrected chi connectivity index (χ2v) is 27.2. The number of piperidine rings is 2. The second kappa shape index (κ2) is 44.9. The van der Waals surface area contributed by atoms with Crippen LogP contribution < -0.4 is 33.8 Å². The standard InChI is InChI=1S/C27H31N5O2.C19H15N3O3.C12H12N2O3.C8H6FNO3.C8H18N2.C8H9NO2.C3H4N2O/c1-34-27(33)20-8-9-22-21(16-20)17-23-25(22)26(29-11-6-14-32-12-3-2-4-13-32)31-24(30-23)15-19-7-5-10-28-18-19;1-25-19(24)12-4-5-14-13(8-12)9-15-17(14)18(23)22-16(21-15)7-11-3-2-6-20-10-11;1-17-12(16)6-2-3-8-7(4-6)5-9(13)10(8)11(14)15;1-5(11)6-2-3-7(9)8(4-6)10(12)13;9-5-4-8-10-6-2-1-3-7-10;1-11-8(10)5-7-3-2-4-9-6-7;1-5-2-3(4)6/h5,7-10,16,18H,2-4,6,11-15,17H2,1H3,(H,29,30,31);2-6,8,10H,7,9H2,1H3,(H,21,22,23);2-4H,5,13H2,1H3,(H2,14,15);2-4H,1H3;1-9H2;2-4,6H,5H2,1H3;2H2,(H2,4,6). The Balaban J connectivity index is 0.000000181. The average Bonchev–Trinajstić information content (AvgIpc) is 1.62. The van der Waals surface area contributed by atoms with Crippen molar-refractivity contribution >= 4 is 58.6 Å². The number of likely N-dealkylation sites (tertiary alicyclic amines) is 2. The first-order valence-corrected chi connectivity index (χ1v) is 37.6. The van der Waals surface area contributed by atoms with E-state index in [-0.39, 0.29) is 35.4 Å². The molecule has 10 N–H and O–H groups in total. The number of esters is 4. The molecular formula is C85H95FN16O14. The third-order valence-electron chi connectivity index (χ3n) is 18.9. The van der Waals surface area contributed by atoms with E-state index in [9.17, 15) is 52.9 Å². The number of fused-ring (bicyclic) bond motifs is 7. The molecule has 606 valence electrons. The van der Waals surface area contributed by atoms with Crippen molar-refractivity contribution in [1.82, 2.24) is 44.7 Å². The number of ketones is 1. The normalized spacial score (nSPS) is 13.0. The van der Waals surface area contributed by atoms with Gasteiger partial charge in [0.05, 0.1) is 79.0 Å². The fourth-order valence-electron chi connectivity index (χ4n) is 13.3. The Bertz CT molecular complexity index is 5070. The van der Waals surface area contributed by atoms with Crippen molar-refractivity contribution in [2.75, 3.05) is 92.7 Å². The monoisotopic (exact) mass is 1580 g/mol. The number of benzene rings is 4. The molecule has 5 aromatic heterocycles. The number of halogens is 1. The van der Waals surface area contributed by atoms with E-state index in [1.165, 1.54) is 119 Å². The van der Waals surface area contributed by atoms with Gasteiger partial charge in [0.1, 0.15) is 17.5 Å². The number of nitrogens with two attached hydrogens (primary N) is 4. The zero-order valence-corrected chi connectivity index (χ0v) is 65.5. The molecule has 0 saturated carbocycles. The number of methoxy groups -OCH3 is 4. The molecule has 116 heavy (non-hydrogen) atoms. The lowest BCUT2D eigenvalue weighted by molar-refractivity contribution is -0.387. The van der Waals surface area contributed by atoms with Crippen molar-refractivity contribution in [3.63, 3.8) is 0 Å². The molecule has 5 aliphatic rings. The molecule has 2 fully saturated rings. The summed E-state index contributed by atoms with van der Waals surface area (Å²) >= 11 is 0. The van der Waals surface area contributed by atoms with Crippen LogP contribution in [-0.4, -0.2) is 178 Å². The number of aromatic nitrogens is 7. The van der Waals surface area contributed by atoms with Crippen LogP contribution in [0.15, 0.2) is 157 Å². The highest BCUT2D eigenvalue weighted by molar-refractivity contribution is 6.21. The SMILES string of the molecule is CC(=O)c1ccc(F)c([N+](=O)[O-])c1.COC(=O)Cc1cccnc1.COC(=O)c1ccc2c(c1)CC(N)=C2C(N)=O.COC(=O)c1ccc2c(c1)Cc1nc(Cc3cccnc3)[nH]c(=O)c1-2.COC(=O)c1ccc2c(c1)Cc1nc(Cc3cccnc3)nc(NCCCN3CCCCC3)c1-2.NCCCN1CCCCC1.[C-]#[N+]CC(N)=O. The first-order valence-electron chi connectivity index (χ1n) is 37.6. The van der Waals surface area contributed by atoms with Crippen LogP contribution in [0.1, 0.15) is 162 Å². The number of ether oxygens (including phenoxy) is 4. The van der Waals surface area contributed by atoms with E-state index in [0.29, 0.717) is 83.4 Å². The van der Waals surface area contributed by atoms with Crippen molar-refractivity contribution in [1.29, 1.82) is 0 Å². The molecule has 0 bridgehead atoms. The van der Waals surface area contributed by atoms with E-state index in [1.807, 2.05) is 54.7 Å². The van der Waals surface area contributed by atoms with Crippen LogP contribution in [0.3, 0.4) is 0 Å². The summed E-state index contributed by atoms with van der Waals surface area (Å²) in [4.78, 5) is 137. The van der Waals surface area contributed by atoms with Gasteiger partial charge in [-0.3, -0.25) is 49.0 Å². The summed E-state index contributed by atoms with van der Waals surface area (Å²) in [5.74, 6) is -1.47.